The predicted octanol–water partition coefficient (Wildman–Crippen LogP) is 5.02. The molecule has 0 fully saturated rings. The predicted molar refractivity (Wildman–Crippen MR) is 200 cm³/mol. The largest absolute Gasteiger partial charge is 0.445 e. The summed E-state index contributed by atoms with van der Waals surface area (Å²) >= 11 is 0. The summed E-state index contributed by atoms with van der Waals surface area (Å²) in [6.07, 6.45) is 1.03. The van der Waals surface area contributed by atoms with E-state index in [2.05, 4.69) is 25.9 Å². The standard InChI is InChI=1S/C41H45N5O7/c1-27(2)20-34(37(47)23-38(48)53-32-17-7-4-8-18-32)44-40(50)36(22-31-24-42-26-43-31)45-39(49)35(46-41(51)52-25-28-12-5-3-6-13-28)21-30-16-11-15-29-14-9-10-19-33(29)30/h3-19,24,26-27,34-37,47H,20-23,25H2,1-2H3,(H,42,43)(H,44,50)(H,45,49)(H,46,51)/t34-,35-,36+,37-/m0/s1. The molecule has 0 aliphatic rings. The molecule has 5 aromatic rings. The monoisotopic (exact) mass is 719 g/mol. The Morgan fingerprint density at radius 2 is 1.43 bits per heavy atom. The molecule has 0 saturated carbocycles. The van der Waals surface area contributed by atoms with E-state index in [1.54, 1.807) is 36.5 Å². The van der Waals surface area contributed by atoms with Crippen molar-refractivity contribution in [2.75, 3.05) is 0 Å². The van der Waals surface area contributed by atoms with Gasteiger partial charge in [0.15, 0.2) is 0 Å². The summed E-state index contributed by atoms with van der Waals surface area (Å²) in [6.45, 7) is 3.86. The van der Waals surface area contributed by atoms with Gasteiger partial charge in [-0.2, -0.15) is 0 Å². The molecule has 0 spiro atoms. The van der Waals surface area contributed by atoms with Crippen LogP contribution in [-0.4, -0.2) is 63.2 Å². The Bertz CT molecular complexity index is 1930. The van der Waals surface area contributed by atoms with Gasteiger partial charge in [-0.05, 0) is 46.4 Å². The van der Waals surface area contributed by atoms with Crippen LogP contribution in [0.25, 0.3) is 10.8 Å². The first kappa shape index (κ1) is 38.2. The summed E-state index contributed by atoms with van der Waals surface area (Å²) in [6, 6.07) is 28.0. The van der Waals surface area contributed by atoms with Crippen LogP contribution < -0.4 is 20.7 Å². The van der Waals surface area contributed by atoms with E-state index >= 15 is 0 Å². The summed E-state index contributed by atoms with van der Waals surface area (Å²) in [4.78, 5) is 61.0. The number of fused-ring (bicyclic) bond motifs is 1. The number of amides is 3. The minimum atomic E-state index is -1.28. The van der Waals surface area contributed by atoms with E-state index in [4.69, 9.17) is 9.47 Å². The molecule has 1 aromatic heterocycles. The fourth-order valence-electron chi connectivity index (χ4n) is 5.98. The van der Waals surface area contributed by atoms with Crippen LogP contribution in [-0.2, 0) is 38.6 Å². The highest BCUT2D eigenvalue weighted by atomic mass is 16.5. The third kappa shape index (κ3) is 11.8. The van der Waals surface area contributed by atoms with Crippen molar-refractivity contribution in [3.63, 3.8) is 0 Å². The minimum absolute atomic E-state index is 0.00140. The summed E-state index contributed by atoms with van der Waals surface area (Å²) in [7, 11) is 0. The van der Waals surface area contributed by atoms with Crippen LogP contribution in [0, 0.1) is 5.92 Å². The Kier molecular flexibility index (Phi) is 13.7. The highest BCUT2D eigenvalue weighted by molar-refractivity contribution is 5.93. The smallest absolute Gasteiger partial charge is 0.408 e. The number of aliphatic hydroxyl groups excluding tert-OH is 1. The molecule has 0 bridgehead atoms. The van der Waals surface area contributed by atoms with Gasteiger partial charge in [-0.15, -0.1) is 0 Å². The lowest BCUT2D eigenvalue weighted by Crippen LogP contribution is -2.57. The molecule has 5 N–H and O–H groups in total. The average Bonchev–Trinajstić information content (AvgIpc) is 3.67. The highest BCUT2D eigenvalue weighted by Gasteiger charge is 2.32. The van der Waals surface area contributed by atoms with Crippen LogP contribution in [0.4, 0.5) is 4.79 Å². The molecule has 5 rings (SSSR count). The number of benzene rings is 4. The lowest BCUT2D eigenvalue weighted by molar-refractivity contribution is -0.138. The second-order valence-electron chi connectivity index (χ2n) is 13.2. The van der Waals surface area contributed by atoms with Crippen molar-refractivity contribution >= 4 is 34.6 Å². The summed E-state index contributed by atoms with van der Waals surface area (Å²) in [5.41, 5.74) is 2.16. The fraction of sp³-hybridized carbons (Fsp3) is 0.293. The first-order valence-electron chi connectivity index (χ1n) is 17.6. The third-order valence-electron chi connectivity index (χ3n) is 8.61. The highest BCUT2D eigenvalue weighted by Crippen LogP contribution is 2.21. The van der Waals surface area contributed by atoms with Gasteiger partial charge in [0, 0.05) is 24.7 Å². The van der Waals surface area contributed by atoms with E-state index < -0.39 is 48.1 Å². The van der Waals surface area contributed by atoms with Gasteiger partial charge in [-0.3, -0.25) is 14.4 Å². The van der Waals surface area contributed by atoms with Crippen molar-refractivity contribution < 1.29 is 33.8 Å². The number of nitrogens with zero attached hydrogens (tertiary/aromatic N) is 1. The Morgan fingerprint density at radius 3 is 2.15 bits per heavy atom. The van der Waals surface area contributed by atoms with Gasteiger partial charge >= 0.3 is 12.1 Å². The Balaban J connectivity index is 1.34. The molecule has 53 heavy (non-hydrogen) atoms. The molecule has 12 heteroatoms. The molecule has 3 amide bonds. The number of alkyl carbamates (subject to hydrolysis) is 1. The molecule has 4 atom stereocenters. The second kappa shape index (κ2) is 19.0. The number of ether oxygens (including phenoxy) is 2. The third-order valence-corrected chi connectivity index (χ3v) is 8.61. The van der Waals surface area contributed by atoms with Gasteiger partial charge in [0.05, 0.1) is 24.9 Å². The molecule has 0 unspecified atom stereocenters. The van der Waals surface area contributed by atoms with Crippen molar-refractivity contribution in [1.29, 1.82) is 0 Å². The zero-order valence-electron chi connectivity index (χ0n) is 29.7. The first-order chi connectivity index (χ1) is 25.6. The molecule has 4 aromatic carbocycles. The number of aromatic amines is 1. The van der Waals surface area contributed by atoms with Crippen LogP contribution in [0.5, 0.6) is 5.75 Å². The van der Waals surface area contributed by atoms with Gasteiger partial charge in [0.1, 0.15) is 24.4 Å². The molecule has 0 aliphatic heterocycles. The van der Waals surface area contributed by atoms with Crippen molar-refractivity contribution in [3.05, 3.63) is 132 Å². The number of rotatable bonds is 17. The molecule has 276 valence electrons. The number of hydrogen-bond acceptors (Lipinski definition) is 8. The van der Waals surface area contributed by atoms with Gasteiger partial charge in [0.25, 0.3) is 0 Å². The van der Waals surface area contributed by atoms with E-state index in [9.17, 15) is 24.3 Å². The summed E-state index contributed by atoms with van der Waals surface area (Å²) in [5, 5.41) is 21.5. The van der Waals surface area contributed by atoms with Crippen molar-refractivity contribution in [2.45, 2.75) is 70.4 Å². The minimum Gasteiger partial charge on any atom is -0.445 e. The van der Waals surface area contributed by atoms with Gasteiger partial charge in [0.2, 0.25) is 11.8 Å². The Hall–Kier alpha value is -6.01. The van der Waals surface area contributed by atoms with Crippen molar-refractivity contribution in [1.82, 2.24) is 25.9 Å². The second-order valence-corrected chi connectivity index (χ2v) is 13.2. The van der Waals surface area contributed by atoms with Crippen LogP contribution >= 0.6 is 0 Å². The Labute approximate surface area is 308 Å². The number of carbonyl (C=O) groups excluding carboxylic acids is 4. The quantitative estimate of drug-likeness (QED) is 0.0659. The lowest BCUT2D eigenvalue weighted by atomic mass is 9.96. The first-order valence-corrected chi connectivity index (χ1v) is 17.6. The lowest BCUT2D eigenvalue weighted by Gasteiger charge is -2.28. The number of para-hydroxylation sites is 1. The molecular weight excluding hydrogens is 674 g/mol. The number of carbonyl (C=O) groups is 4. The molecule has 1 heterocycles. The Morgan fingerprint density at radius 1 is 0.774 bits per heavy atom. The summed E-state index contributed by atoms with van der Waals surface area (Å²) < 4.78 is 10.8. The topological polar surface area (TPSA) is 172 Å². The molecule has 12 nitrogen and oxygen atoms in total. The molecule has 0 aliphatic carbocycles. The van der Waals surface area contributed by atoms with E-state index in [0.717, 1.165) is 21.9 Å². The maximum atomic E-state index is 14.2. The van der Waals surface area contributed by atoms with Crippen LogP contribution in [0.15, 0.2) is 116 Å². The van der Waals surface area contributed by atoms with Crippen molar-refractivity contribution in [3.8, 4) is 5.75 Å². The number of aromatic nitrogens is 2. The normalized spacial score (nSPS) is 13.4. The van der Waals surface area contributed by atoms with E-state index in [-0.39, 0.29) is 31.8 Å². The maximum Gasteiger partial charge on any atom is 0.408 e. The summed E-state index contributed by atoms with van der Waals surface area (Å²) in [5.74, 6) is -1.49. The maximum absolute atomic E-state index is 14.2. The van der Waals surface area contributed by atoms with Gasteiger partial charge in [-0.1, -0.05) is 105 Å². The fourth-order valence-corrected chi connectivity index (χ4v) is 5.98. The number of esters is 1. The molecule has 0 radical (unpaired) electrons. The number of hydrogen-bond donors (Lipinski definition) is 5. The average molecular weight is 720 g/mol. The zero-order valence-corrected chi connectivity index (χ0v) is 29.7. The van der Waals surface area contributed by atoms with Crippen LogP contribution in [0.1, 0.15) is 43.5 Å². The van der Waals surface area contributed by atoms with Gasteiger partial charge < -0.3 is 35.5 Å². The number of H-pyrrole nitrogens is 1. The van der Waals surface area contributed by atoms with Crippen molar-refractivity contribution in [2.24, 2.45) is 5.92 Å². The SMILES string of the molecule is CC(C)C[C@H](NC(=O)[C@@H](Cc1cnc[nH]1)NC(=O)[C@H](Cc1cccc2ccccc12)NC(=O)OCc1ccccc1)[C@@H](O)CC(=O)Oc1ccccc1. The van der Waals surface area contributed by atoms with E-state index in [1.165, 1.54) is 6.33 Å². The van der Waals surface area contributed by atoms with E-state index in [1.807, 2.05) is 86.6 Å². The number of nitrogens with one attached hydrogen (secondary N) is 4. The van der Waals surface area contributed by atoms with Crippen LogP contribution in [0.2, 0.25) is 0 Å². The molecular formula is C41H45N5O7. The van der Waals surface area contributed by atoms with Gasteiger partial charge in [-0.25, -0.2) is 9.78 Å². The number of aliphatic hydroxyl groups is 1. The number of imidazole rings is 1. The zero-order chi connectivity index (χ0) is 37.6. The molecule has 0 saturated heterocycles. The van der Waals surface area contributed by atoms with E-state index in [0.29, 0.717) is 17.9 Å². The van der Waals surface area contributed by atoms with Crippen LogP contribution in [0.3, 0.4) is 0 Å².